The Labute approximate surface area is 97.9 Å². The van der Waals surface area contributed by atoms with Crippen LogP contribution in [-0.2, 0) is 18.8 Å². The van der Waals surface area contributed by atoms with Crippen molar-refractivity contribution in [2.75, 3.05) is 13.7 Å². The lowest BCUT2D eigenvalue weighted by Gasteiger charge is -2.29. The second kappa shape index (κ2) is 6.02. The predicted octanol–water partition coefficient (Wildman–Crippen LogP) is -0.155. The highest BCUT2D eigenvalue weighted by Crippen LogP contribution is 2.33. The maximum absolute atomic E-state index is 10.3. The first-order chi connectivity index (χ1) is 7.57. The largest absolute Gasteiger partial charge is 0.438 e. The van der Waals surface area contributed by atoms with Crippen molar-refractivity contribution in [2.24, 2.45) is 0 Å². The van der Waals surface area contributed by atoms with Gasteiger partial charge in [0.2, 0.25) is 0 Å². The zero-order valence-corrected chi connectivity index (χ0v) is 10.2. The van der Waals surface area contributed by atoms with Crippen LogP contribution in [0.5, 0.6) is 0 Å². The molecule has 90 valence electrons. The fourth-order valence-corrected chi connectivity index (χ4v) is 1.86. The van der Waals surface area contributed by atoms with E-state index in [0.29, 0.717) is 6.61 Å². The Kier molecular flexibility index (Phi) is 5.27. The van der Waals surface area contributed by atoms with E-state index < -0.39 is 18.0 Å². The van der Waals surface area contributed by atoms with Crippen LogP contribution in [0.2, 0.25) is 13.6 Å². The lowest BCUT2D eigenvalue weighted by atomic mass is 9.94. The van der Waals surface area contributed by atoms with E-state index in [4.69, 9.17) is 18.8 Å². The Balaban J connectivity index is 2.69. The molecular formula is C9H18B2O5. The van der Waals surface area contributed by atoms with Crippen LogP contribution in [0.15, 0.2) is 0 Å². The highest BCUT2D eigenvalue weighted by Gasteiger charge is 2.53. The number of hydrogen-bond acceptors (Lipinski definition) is 5. The van der Waals surface area contributed by atoms with Crippen molar-refractivity contribution in [1.82, 2.24) is 0 Å². The standard InChI is InChI=1S/C9H18B2O5/c1-9(12)7(16-11-3)6(5-14-10-2)15-8(9)13-4/h6-8,12H,5H2,1-4H3. The molecule has 1 N–H and O–H groups in total. The van der Waals surface area contributed by atoms with E-state index in [1.807, 2.05) is 0 Å². The van der Waals surface area contributed by atoms with E-state index >= 15 is 0 Å². The van der Waals surface area contributed by atoms with E-state index in [1.165, 1.54) is 14.6 Å². The molecule has 1 aliphatic rings. The average molecular weight is 228 g/mol. The molecule has 0 aromatic rings. The molecule has 4 atom stereocenters. The van der Waals surface area contributed by atoms with Gasteiger partial charge in [-0.05, 0) is 6.92 Å². The van der Waals surface area contributed by atoms with Crippen LogP contribution >= 0.6 is 0 Å². The number of methoxy groups -OCH3 is 1. The van der Waals surface area contributed by atoms with Gasteiger partial charge in [0.05, 0.1) is 6.61 Å². The van der Waals surface area contributed by atoms with Gasteiger partial charge in [-0.3, -0.25) is 0 Å². The van der Waals surface area contributed by atoms with Crippen molar-refractivity contribution >= 4 is 15.0 Å². The quantitative estimate of drug-likeness (QED) is 0.640. The molecule has 7 heteroatoms. The third kappa shape index (κ3) is 2.78. The van der Waals surface area contributed by atoms with Crippen LogP contribution < -0.4 is 0 Å². The maximum Gasteiger partial charge on any atom is 0.289 e. The molecule has 0 aromatic carbocycles. The molecule has 0 amide bonds. The molecule has 0 saturated carbocycles. The maximum atomic E-state index is 10.3. The van der Waals surface area contributed by atoms with E-state index in [1.54, 1.807) is 28.1 Å². The Morgan fingerprint density at radius 3 is 2.56 bits per heavy atom. The van der Waals surface area contributed by atoms with Crippen molar-refractivity contribution in [2.45, 2.75) is 44.7 Å². The molecular weight excluding hydrogens is 210 g/mol. The molecule has 0 spiro atoms. The van der Waals surface area contributed by atoms with Crippen LogP contribution in [0.3, 0.4) is 0 Å². The normalized spacial score (nSPS) is 38.7. The molecule has 1 fully saturated rings. The molecule has 16 heavy (non-hydrogen) atoms. The average Bonchev–Trinajstić information content (AvgIpc) is 2.49. The highest BCUT2D eigenvalue weighted by atomic mass is 16.7. The van der Waals surface area contributed by atoms with Crippen molar-refractivity contribution in [3.63, 3.8) is 0 Å². The van der Waals surface area contributed by atoms with Crippen molar-refractivity contribution < 1.29 is 23.9 Å². The summed E-state index contributed by atoms with van der Waals surface area (Å²) in [4.78, 5) is 0. The topological polar surface area (TPSA) is 57.2 Å². The summed E-state index contributed by atoms with van der Waals surface area (Å²) in [5.41, 5.74) is -1.19. The Bertz CT molecular complexity index is 214. The Hall–Kier alpha value is -0.0701. The van der Waals surface area contributed by atoms with Gasteiger partial charge in [0.15, 0.2) is 6.29 Å². The summed E-state index contributed by atoms with van der Waals surface area (Å²) < 4.78 is 21.2. The number of rotatable bonds is 6. The van der Waals surface area contributed by atoms with Gasteiger partial charge in [0, 0.05) is 7.11 Å². The summed E-state index contributed by atoms with van der Waals surface area (Å²) in [7, 11) is 4.59. The van der Waals surface area contributed by atoms with Gasteiger partial charge in [-0.1, -0.05) is 13.6 Å². The lowest BCUT2D eigenvalue weighted by molar-refractivity contribution is -0.185. The van der Waals surface area contributed by atoms with Gasteiger partial charge in [-0.2, -0.15) is 0 Å². The predicted molar refractivity (Wildman–Crippen MR) is 60.4 cm³/mol. The molecule has 2 radical (unpaired) electrons. The molecule has 0 aliphatic carbocycles. The minimum Gasteiger partial charge on any atom is -0.438 e. The monoisotopic (exact) mass is 228 g/mol. The zero-order valence-electron chi connectivity index (χ0n) is 10.2. The minimum absolute atomic E-state index is 0.324. The number of aliphatic hydroxyl groups is 1. The molecule has 0 bridgehead atoms. The molecule has 1 saturated heterocycles. The smallest absolute Gasteiger partial charge is 0.289 e. The van der Waals surface area contributed by atoms with Gasteiger partial charge >= 0.3 is 0 Å². The van der Waals surface area contributed by atoms with Gasteiger partial charge in [-0.15, -0.1) is 0 Å². The highest BCUT2D eigenvalue weighted by molar-refractivity contribution is 6.25. The van der Waals surface area contributed by atoms with Crippen molar-refractivity contribution in [3.05, 3.63) is 0 Å². The SMILES string of the molecule is C[B]OCC1OC(OC)C(C)(O)C1O[B]C. The fraction of sp³-hybridized carbons (Fsp3) is 1.00. The summed E-state index contributed by atoms with van der Waals surface area (Å²) in [6.45, 7) is 5.48. The third-order valence-corrected chi connectivity index (χ3v) is 2.61. The van der Waals surface area contributed by atoms with Gasteiger partial charge in [0.25, 0.3) is 15.0 Å². The zero-order chi connectivity index (χ0) is 12.2. The van der Waals surface area contributed by atoms with Crippen molar-refractivity contribution in [1.29, 1.82) is 0 Å². The van der Waals surface area contributed by atoms with Crippen LogP contribution in [0.1, 0.15) is 6.92 Å². The molecule has 1 aliphatic heterocycles. The van der Waals surface area contributed by atoms with Gasteiger partial charge < -0.3 is 23.9 Å². The fourth-order valence-electron chi connectivity index (χ4n) is 1.86. The summed E-state index contributed by atoms with van der Waals surface area (Å²) in [6, 6.07) is 0. The molecule has 4 unspecified atom stereocenters. The van der Waals surface area contributed by atoms with Crippen LogP contribution in [0.25, 0.3) is 0 Å². The Morgan fingerprint density at radius 1 is 1.38 bits per heavy atom. The Morgan fingerprint density at radius 2 is 2.06 bits per heavy atom. The number of ether oxygens (including phenoxy) is 2. The molecule has 5 nitrogen and oxygen atoms in total. The summed E-state index contributed by atoms with van der Waals surface area (Å²) >= 11 is 0. The van der Waals surface area contributed by atoms with E-state index in [-0.39, 0.29) is 6.10 Å². The lowest BCUT2D eigenvalue weighted by Crippen LogP contribution is -2.48. The molecule has 0 aromatic heterocycles. The summed E-state index contributed by atoms with van der Waals surface area (Å²) in [5.74, 6) is 0. The van der Waals surface area contributed by atoms with Crippen molar-refractivity contribution in [3.8, 4) is 0 Å². The van der Waals surface area contributed by atoms with E-state index in [2.05, 4.69) is 0 Å². The second-order valence-corrected chi connectivity index (χ2v) is 3.83. The van der Waals surface area contributed by atoms with Gasteiger partial charge in [0.1, 0.15) is 17.8 Å². The van der Waals surface area contributed by atoms with E-state index in [0.717, 1.165) is 0 Å². The van der Waals surface area contributed by atoms with Crippen LogP contribution in [0.4, 0.5) is 0 Å². The third-order valence-electron chi connectivity index (χ3n) is 2.61. The van der Waals surface area contributed by atoms with E-state index in [9.17, 15) is 5.11 Å². The summed E-state index contributed by atoms with van der Waals surface area (Å²) in [6.07, 6.45) is -1.56. The summed E-state index contributed by atoms with van der Waals surface area (Å²) in [5, 5.41) is 10.3. The first kappa shape index (κ1) is 14.0. The van der Waals surface area contributed by atoms with Crippen LogP contribution in [0, 0.1) is 0 Å². The second-order valence-electron chi connectivity index (χ2n) is 3.83. The minimum atomic E-state index is -1.19. The molecule has 1 heterocycles. The van der Waals surface area contributed by atoms with Gasteiger partial charge in [-0.25, -0.2) is 0 Å². The first-order valence-corrected chi connectivity index (χ1v) is 5.31. The molecule has 1 rings (SSSR count). The van der Waals surface area contributed by atoms with Crippen LogP contribution in [-0.4, -0.2) is 57.9 Å². The number of hydrogen-bond donors (Lipinski definition) is 1. The first-order valence-electron chi connectivity index (χ1n) is 5.31.